The van der Waals surface area contributed by atoms with Crippen LogP contribution in [0.1, 0.15) is 24.0 Å². The highest BCUT2D eigenvalue weighted by Crippen LogP contribution is 2.50. The van der Waals surface area contributed by atoms with Crippen LogP contribution in [0.25, 0.3) is 0 Å². The zero-order chi connectivity index (χ0) is 14.3. The van der Waals surface area contributed by atoms with Crippen LogP contribution in [0.15, 0.2) is 24.3 Å². The Morgan fingerprint density at radius 1 is 1.05 bits per heavy atom. The summed E-state index contributed by atoms with van der Waals surface area (Å²) in [6.45, 7) is 4.10. The lowest BCUT2D eigenvalue weighted by Crippen LogP contribution is -2.60. The van der Waals surface area contributed by atoms with Crippen LogP contribution in [0.3, 0.4) is 0 Å². The van der Waals surface area contributed by atoms with Gasteiger partial charge >= 0.3 is 0 Å². The van der Waals surface area contributed by atoms with Gasteiger partial charge < -0.3 is 5.32 Å². The van der Waals surface area contributed by atoms with Gasteiger partial charge in [0, 0.05) is 26.2 Å². The molecule has 2 aliphatic carbocycles. The van der Waals surface area contributed by atoms with Crippen LogP contribution in [0.2, 0.25) is 0 Å². The summed E-state index contributed by atoms with van der Waals surface area (Å²) in [6.07, 6.45) is 4.61. The minimum absolute atomic E-state index is 0.221. The van der Waals surface area contributed by atoms with Crippen molar-refractivity contribution in [1.82, 2.24) is 10.2 Å². The first-order chi connectivity index (χ1) is 10.3. The van der Waals surface area contributed by atoms with Gasteiger partial charge in [0.15, 0.2) is 0 Å². The van der Waals surface area contributed by atoms with E-state index in [1.54, 1.807) is 0 Å². The number of nitriles is 1. The molecule has 0 spiro atoms. The van der Waals surface area contributed by atoms with E-state index in [4.69, 9.17) is 0 Å². The maximum absolute atomic E-state index is 10.2. The van der Waals surface area contributed by atoms with E-state index in [2.05, 4.69) is 40.6 Å². The highest BCUT2D eigenvalue weighted by atomic mass is 15.3. The molecular formula is C18H23N3. The van der Waals surface area contributed by atoms with Gasteiger partial charge in [-0.3, -0.25) is 4.90 Å². The maximum Gasteiger partial charge on any atom is 0.115 e. The molecule has 3 aliphatic rings. The second-order valence-electron chi connectivity index (χ2n) is 6.82. The number of fused-ring (bicyclic) bond motifs is 3. The Labute approximate surface area is 126 Å². The predicted octanol–water partition coefficient (Wildman–Crippen LogP) is 1.98. The van der Waals surface area contributed by atoms with Gasteiger partial charge in [0.1, 0.15) is 5.54 Å². The predicted molar refractivity (Wildman–Crippen MR) is 82.9 cm³/mol. The van der Waals surface area contributed by atoms with Crippen molar-refractivity contribution in [3.63, 3.8) is 0 Å². The number of nitrogens with one attached hydrogen (secondary N) is 1. The molecule has 2 unspecified atom stereocenters. The topological polar surface area (TPSA) is 39.1 Å². The fourth-order valence-electron chi connectivity index (χ4n) is 4.98. The molecule has 2 bridgehead atoms. The number of piperazine rings is 1. The molecule has 1 aliphatic heterocycles. The zero-order valence-corrected chi connectivity index (χ0v) is 12.5. The monoisotopic (exact) mass is 281 g/mol. The van der Waals surface area contributed by atoms with Gasteiger partial charge in [-0.05, 0) is 48.6 Å². The lowest BCUT2D eigenvalue weighted by atomic mass is 9.78. The van der Waals surface area contributed by atoms with Crippen LogP contribution >= 0.6 is 0 Å². The van der Waals surface area contributed by atoms with Crippen LogP contribution < -0.4 is 5.32 Å². The van der Waals surface area contributed by atoms with E-state index in [1.807, 2.05) is 0 Å². The van der Waals surface area contributed by atoms with E-state index < -0.39 is 0 Å². The summed E-state index contributed by atoms with van der Waals surface area (Å²) in [5.41, 5.74) is 2.75. The van der Waals surface area contributed by atoms with Crippen LogP contribution in [-0.4, -0.2) is 36.6 Å². The molecule has 0 radical (unpaired) electrons. The molecule has 1 N–H and O–H groups in total. The highest BCUT2D eigenvalue weighted by molar-refractivity contribution is 5.35. The molecule has 2 fully saturated rings. The molecule has 3 nitrogen and oxygen atoms in total. The average molecular weight is 281 g/mol. The van der Waals surface area contributed by atoms with Crippen LogP contribution in [0.5, 0.6) is 0 Å². The van der Waals surface area contributed by atoms with Crippen molar-refractivity contribution in [3.8, 4) is 6.07 Å². The molecule has 1 aromatic carbocycles. The summed E-state index contributed by atoms with van der Waals surface area (Å²) in [7, 11) is 0. The third-order valence-electron chi connectivity index (χ3n) is 5.98. The largest absolute Gasteiger partial charge is 0.314 e. The summed E-state index contributed by atoms with van der Waals surface area (Å²) >= 11 is 0. The Morgan fingerprint density at radius 2 is 1.62 bits per heavy atom. The minimum Gasteiger partial charge on any atom is -0.314 e. The molecule has 3 heteroatoms. The number of benzene rings is 1. The Kier molecular flexibility index (Phi) is 3.24. The summed E-state index contributed by atoms with van der Waals surface area (Å²) in [6, 6.07) is 11.7. The number of nitrogens with zero attached hydrogens (tertiary/aromatic N) is 2. The van der Waals surface area contributed by atoms with Crippen LogP contribution in [0.4, 0.5) is 0 Å². The minimum atomic E-state index is -0.221. The van der Waals surface area contributed by atoms with Gasteiger partial charge in [0.2, 0.25) is 0 Å². The molecular weight excluding hydrogens is 258 g/mol. The van der Waals surface area contributed by atoms with E-state index >= 15 is 0 Å². The number of rotatable bonds is 1. The van der Waals surface area contributed by atoms with Gasteiger partial charge in [0.05, 0.1) is 6.07 Å². The van der Waals surface area contributed by atoms with E-state index in [0.29, 0.717) is 11.8 Å². The van der Waals surface area contributed by atoms with Crippen molar-refractivity contribution in [2.24, 2.45) is 11.8 Å². The van der Waals surface area contributed by atoms with Crippen molar-refractivity contribution in [2.45, 2.75) is 31.2 Å². The highest BCUT2D eigenvalue weighted by Gasteiger charge is 2.55. The van der Waals surface area contributed by atoms with Gasteiger partial charge in [0.25, 0.3) is 0 Å². The summed E-state index contributed by atoms with van der Waals surface area (Å²) in [4.78, 5) is 2.51. The Morgan fingerprint density at radius 3 is 2.14 bits per heavy atom. The Balaban J connectivity index is 1.74. The maximum atomic E-state index is 10.2. The average Bonchev–Trinajstić information content (AvgIpc) is 2.79. The SMILES string of the molecule is N#CC1(N2CCNCC2)C2CCC1Cc1ccccc1C2. The molecule has 2 atom stereocenters. The number of hydrogen-bond donors (Lipinski definition) is 1. The van der Waals surface area contributed by atoms with Crippen molar-refractivity contribution in [3.05, 3.63) is 35.4 Å². The van der Waals surface area contributed by atoms with Gasteiger partial charge in [-0.25, -0.2) is 0 Å². The first kappa shape index (κ1) is 13.3. The van der Waals surface area contributed by atoms with E-state index in [-0.39, 0.29) is 5.54 Å². The quantitative estimate of drug-likeness (QED) is 0.855. The molecule has 110 valence electrons. The molecule has 4 rings (SSSR count). The van der Waals surface area contributed by atoms with E-state index in [1.165, 1.54) is 24.0 Å². The molecule has 21 heavy (non-hydrogen) atoms. The van der Waals surface area contributed by atoms with Gasteiger partial charge in [-0.2, -0.15) is 5.26 Å². The molecule has 1 saturated heterocycles. The first-order valence-corrected chi connectivity index (χ1v) is 8.28. The Hall–Kier alpha value is -1.37. The third kappa shape index (κ3) is 1.93. The molecule has 1 heterocycles. The van der Waals surface area contributed by atoms with Crippen molar-refractivity contribution >= 4 is 0 Å². The fourth-order valence-corrected chi connectivity index (χ4v) is 4.98. The second kappa shape index (κ2) is 5.12. The summed E-state index contributed by atoms with van der Waals surface area (Å²) in [5.74, 6) is 1.02. The van der Waals surface area contributed by atoms with Gasteiger partial charge in [-0.15, -0.1) is 0 Å². The van der Waals surface area contributed by atoms with Crippen LogP contribution in [-0.2, 0) is 12.8 Å². The Bertz CT molecular complexity index is 535. The second-order valence-corrected chi connectivity index (χ2v) is 6.82. The van der Waals surface area contributed by atoms with E-state index in [0.717, 1.165) is 39.0 Å². The lowest BCUT2D eigenvalue weighted by molar-refractivity contribution is 0.0539. The third-order valence-corrected chi connectivity index (χ3v) is 5.98. The smallest absolute Gasteiger partial charge is 0.115 e. The standard InChI is InChI=1S/C18H23N3/c19-13-18(21-9-7-20-8-10-21)16-5-6-17(18)12-15-4-2-1-3-14(15)11-16/h1-4,16-17,20H,5-12H2. The van der Waals surface area contributed by atoms with Crippen molar-refractivity contribution in [2.75, 3.05) is 26.2 Å². The van der Waals surface area contributed by atoms with Crippen molar-refractivity contribution in [1.29, 1.82) is 5.26 Å². The fraction of sp³-hybridized carbons (Fsp3) is 0.611. The zero-order valence-electron chi connectivity index (χ0n) is 12.5. The molecule has 1 aromatic rings. The van der Waals surface area contributed by atoms with Crippen molar-refractivity contribution < 1.29 is 0 Å². The summed E-state index contributed by atoms with van der Waals surface area (Å²) in [5, 5.41) is 13.6. The van der Waals surface area contributed by atoms with Crippen LogP contribution in [0, 0.1) is 23.2 Å². The number of hydrogen-bond acceptors (Lipinski definition) is 3. The normalized spacial score (nSPS) is 35.8. The summed E-state index contributed by atoms with van der Waals surface area (Å²) < 4.78 is 0. The lowest BCUT2D eigenvalue weighted by Gasteiger charge is -2.45. The molecule has 0 amide bonds. The van der Waals surface area contributed by atoms with E-state index in [9.17, 15) is 5.26 Å². The molecule has 1 saturated carbocycles. The first-order valence-electron chi connectivity index (χ1n) is 8.28. The molecule has 0 aromatic heterocycles. The van der Waals surface area contributed by atoms with Gasteiger partial charge in [-0.1, -0.05) is 24.3 Å².